The summed E-state index contributed by atoms with van der Waals surface area (Å²) >= 11 is 0. The van der Waals surface area contributed by atoms with E-state index in [1.807, 2.05) is 0 Å². The lowest BCUT2D eigenvalue weighted by Gasteiger charge is -2.39. The summed E-state index contributed by atoms with van der Waals surface area (Å²) in [7, 11) is 0. The predicted molar refractivity (Wildman–Crippen MR) is 62.8 cm³/mol. The maximum absolute atomic E-state index is 12.0. The van der Waals surface area contributed by atoms with Crippen molar-refractivity contribution in [1.29, 1.82) is 0 Å². The monoisotopic (exact) mass is 212 g/mol. The van der Waals surface area contributed by atoms with Crippen LogP contribution < -0.4 is 5.32 Å². The molecule has 3 nitrogen and oxygen atoms in total. The minimum Gasteiger partial charge on any atom is -0.336 e. The van der Waals surface area contributed by atoms with E-state index in [1.54, 1.807) is 0 Å². The van der Waals surface area contributed by atoms with Crippen LogP contribution in [-0.4, -0.2) is 35.5 Å². The maximum atomic E-state index is 12.0. The van der Waals surface area contributed by atoms with Gasteiger partial charge in [0, 0.05) is 18.1 Å². The zero-order valence-electron chi connectivity index (χ0n) is 10.4. The van der Waals surface area contributed by atoms with Gasteiger partial charge in [-0.2, -0.15) is 0 Å². The van der Waals surface area contributed by atoms with Crippen molar-refractivity contribution in [2.24, 2.45) is 0 Å². The Kier molecular flexibility index (Phi) is 4.58. The van der Waals surface area contributed by atoms with Crippen LogP contribution in [0.2, 0.25) is 0 Å². The van der Waals surface area contributed by atoms with Crippen LogP contribution in [0.25, 0.3) is 0 Å². The first-order chi connectivity index (χ1) is 7.02. The standard InChI is InChI=1S/C12H24N2O/c1-9(2)13-8-12(15)14-10(3)6-5-7-11(14)4/h9-11,13H,5-8H2,1-4H3. The fraction of sp³-hybridized carbons (Fsp3) is 0.917. The van der Waals surface area contributed by atoms with Crippen LogP contribution in [0.15, 0.2) is 0 Å². The Bertz CT molecular complexity index is 206. The number of amides is 1. The van der Waals surface area contributed by atoms with Gasteiger partial charge in [0.15, 0.2) is 0 Å². The smallest absolute Gasteiger partial charge is 0.237 e. The Balaban J connectivity index is 2.48. The first-order valence-electron chi connectivity index (χ1n) is 6.07. The minimum absolute atomic E-state index is 0.253. The molecule has 15 heavy (non-hydrogen) atoms. The van der Waals surface area contributed by atoms with Crippen LogP contribution in [0.4, 0.5) is 0 Å². The van der Waals surface area contributed by atoms with E-state index in [4.69, 9.17) is 0 Å². The molecular formula is C12H24N2O. The summed E-state index contributed by atoms with van der Waals surface area (Å²) in [5.41, 5.74) is 0. The maximum Gasteiger partial charge on any atom is 0.237 e. The largest absolute Gasteiger partial charge is 0.336 e. The summed E-state index contributed by atoms with van der Waals surface area (Å²) in [6, 6.07) is 1.20. The topological polar surface area (TPSA) is 32.3 Å². The number of carbonyl (C=O) groups excluding carboxylic acids is 1. The lowest BCUT2D eigenvalue weighted by molar-refractivity contribution is -0.136. The summed E-state index contributed by atoms with van der Waals surface area (Å²) in [6.45, 7) is 8.92. The Labute approximate surface area is 93.2 Å². The van der Waals surface area contributed by atoms with Gasteiger partial charge >= 0.3 is 0 Å². The van der Waals surface area contributed by atoms with Crippen LogP contribution in [0.5, 0.6) is 0 Å². The quantitative estimate of drug-likeness (QED) is 0.773. The highest BCUT2D eigenvalue weighted by atomic mass is 16.2. The van der Waals surface area contributed by atoms with Crippen LogP contribution in [0.3, 0.4) is 0 Å². The molecule has 1 aliphatic heterocycles. The zero-order chi connectivity index (χ0) is 11.4. The van der Waals surface area contributed by atoms with Crippen molar-refractivity contribution in [3.05, 3.63) is 0 Å². The van der Waals surface area contributed by atoms with Gasteiger partial charge in [0.25, 0.3) is 0 Å². The normalized spacial score (nSPS) is 27.1. The number of nitrogens with zero attached hydrogens (tertiary/aromatic N) is 1. The van der Waals surface area contributed by atoms with Gasteiger partial charge in [0.2, 0.25) is 5.91 Å². The van der Waals surface area contributed by atoms with Gasteiger partial charge < -0.3 is 10.2 Å². The van der Waals surface area contributed by atoms with Gasteiger partial charge in [-0.3, -0.25) is 4.79 Å². The van der Waals surface area contributed by atoms with Crippen molar-refractivity contribution in [1.82, 2.24) is 10.2 Å². The molecule has 0 aromatic rings. The fourth-order valence-electron chi connectivity index (χ4n) is 2.30. The van der Waals surface area contributed by atoms with Gasteiger partial charge in [0.1, 0.15) is 0 Å². The number of hydrogen-bond acceptors (Lipinski definition) is 2. The summed E-state index contributed by atoms with van der Waals surface area (Å²) in [5.74, 6) is 0.253. The fourth-order valence-corrected chi connectivity index (χ4v) is 2.30. The Morgan fingerprint density at radius 2 is 1.87 bits per heavy atom. The Morgan fingerprint density at radius 3 is 2.33 bits per heavy atom. The van der Waals surface area contributed by atoms with E-state index in [0.717, 1.165) is 12.8 Å². The molecule has 1 aliphatic rings. The summed E-state index contributed by atoms with van der Waals surface area (Å²) in [5, 5.41) is 3.19. The summed E-state index contributed by atoms with van der Waals surface area (Å²) < 4.78 is 0. The van der Waals surface area contributed by atoms with E-state index in [-0.39, 0.29) is 5.91 Å². The van der Waals surface area contributed by atoms with E-state index in [0.29, 0.717) is 24.7 Å². The van der Waals surface area contributed by atoms with Crippen LogP contribution in [-0.2, 0) is 4.79 Å². The van der Waals surface area contributed by atoms with Crippen molar-refractivity contribution in [2.45, 2.75) is 65.1 Å². The number of nitrogens with one attached hydrogen (secondary N) is 1. The lowest BCUT2D eigenvalue weighted by Crippen LogP contribution is -2.51. The molecule has 88 valence electrons. The summed E-state index contributed by atoms with van der Waals surface area (Å²) in [4.78, 5) is 14.0. The first kappa shape index (κ1) is 12.5. The molecule has 0 saturated carbocycles. The summed E-state index contributed by atoms with van der Waals surface area (Å²) in [6.07, 6.45) is 3.55. The molecule has 2 unspecified atom stereocenters. The molecule has 1 heterocycles. The SMILES string of the molecule is CC(C)NCC(=O)N1C(C)CCCC1C. The molecule has 0 aliphatic carbocycles. The molecule has 2 atom stereocenters. The van der Waals surface area contributed by atoms with Gasteiger partial charge in [0.05, 0.1) is 6.54 Å². The van der Waals surface area contributed by atoms with Gasteiger partial charge in [-0.1, -0.05) is 13.8 Å². The van der Waals surface area contributed by atoms with E-state index >= 15 is 0 Å². The second-order valence-corrected chi connectivity index (χ2v) is 4.97. The van der Waals surface area contributed by atoms with Crippen molar-refractivity contribution in [3.63, 3.8) is 0 Å². The molecule has 3 heteroatoms. The van der Waals surface area contributed by atoms with Crippen molar-refractivity contribution in [2.75, 3.05) is 6.54 Å². The van der Waals surface area contributed by atoms with Gasteiger partial charge in [-0.05, 0) is 33.1 Å². The number of carbonyl (C=O) groups is 1. The predicted octanol–water partition coefficient (Wildman–Crippen LogP) is 1.77. The molecule has 0 aromatic carbocycles. The third-order valence-corrected chi connectivity index (χ3v) is 3.14. The van der Waals surface area contributed by atoms with Crippen LogP contribution in [0, 0.1) is 0 Å². The Hall–Kier alpha value is -0.570. The zero-order valence-corrected chi connectivity index (χ0v) is 10.4. The number of rotatable bonds is 3. The minimum atomic E-state index is 0.253. The van der Waals surface area contributed by atoms with Crippen LogP contribution >= 0.6 is 0 Å². The third kappa shape index (κ3) is 3.49. The highest BCUT2D eigenvalue weighted by Crippen LogP contribution is 2.22. The second kappa shape index (κ2) is 5.50. The molecule has 1 amide bonds. The number of likely N-dealkylation sites (tertiary alicyclic amines) is 1. The Morgan fingerprint density at radius 1 is 1.33 bits per heavy atom. The van der Waals surface area contributed by atoms with Crippen LogP contribution in [0.1, 0.15) is 47.0 Å². The van der Waals surface area contributed by atoms with E-state index in [9.17, 15) is 4.79 Å². The van der Waals surface area contributed by atoms with Crippen molar-refractivity contribution < 1.29 is 4.79 Å². The van der Waals surface area contributed by atoms with E-state index in [2.05, 4.69) is 37.9 Å². The molecule has 1 saturated heterocycles. The lowest BCUT2D eigenvalue weighted by atomic mass is 9.97. The number of piperidine rings is 1. The average Bonchev–Trinajstić information content (AvgIpc) is 2.14. The van der Waals surface area contributed by atoms with Crippen molar-refractivity contribution >= 4 is 5.91 Å². The average molecular weight is 212 g/mol. The highest BCUT2D eigenvalue weighted by Gasteiger charge is 2.28. The highest BCUT2D eigenvalue weighted by molar-refractivity contribution is 5.79. The molecule has 0 spiro atoms. The third-order valence-electron chi connectivity index (χ3n) is 3.14. The van der Waals surface area contributed by atoms with E-state index in [1.165, 1.54) is 6.42 Å². The van der Waals surface area contributed by atoms with Crippen molar-refractivity contribution in [3.8, 4) is 0 Å². The molecular weight excluding hydrogens is 188 g/mol. The molecule has 1 N–H and O–H groups in total. The second-order valence-electron chi connectivity index (χ2n) is 4.97. The molecule has 0 radical (unpaired) electrons. The molecule has 0 bridgehead atoms. The molecule has 0 aromatic heterocycles. The van der Waals surface area contributed by atoms with E-state index < -0.39 is 0 Å². The molecule has 1 fully saturated rings. The molecule has 1 rings (SSSR count). The van der Waals surface area contributed by atoms with Gasteiger partial charge in [-0.25, -0.2) is 0 Å². The van der Waals surface area contributed by atoms with Gasteiger partial charge in [-0.15, -0.1) is 0 Å². The first-order valence-corrected chi connectivity index (χ1v) is 6.07. The number of hydrogen-bond donors (Lipinski definition) is 1.